The summed E-state index contributed by atoms with van der Waals surface area (Å²) in [5.41, 5.74) is 3.11. The summed E-state index contributed by atoms with van der Waals surface area (Å²) in [6.07, 6.45) is 1.85. The van der Waals surface area contributed by atoms with E-state index in [1.165, 1.54) is 0 Å². The fraction of sp³-hybridized carbons (Fsp3) is 0.400. The van der Waals surface area contributed by atoms with Crippen LogP contribution >= 0.6 is 0 Å². The number of para-hydroxylation sites is 1. The molecule has 1 heterocycles. The molecule has 0 aliphatic carbocycles. The summed E-state index contributed by atoms with van der Waals surface area (Å²) in [5, 5.41) is 0. The van der Waals surface area contributed by atoms with E-state index in [0.29, 0.717) is 0 Å². The number of hydrogen-bond donors (Lipinski definition) is 0. The lowest BCUT2D eigenvalue weighted by Gasteiger charge is -2.11. The van der Waals surface area contributed by atoms with Crippen molar-refractivity contribution in [3.8, 4) is 5.69 Å². The van der Waals surface area contributed by atoms with Gasteiger partial charge in [0, 0.05) is 17.8 Å². The molecule has 0 bridgehead atoms. The quantitative estimate of drug-likeness (QED) is 0.812. The zero-order chi connectivity index (χ0) is 13.1. The lowest BCUT2D eigenvalue weighted by molar-refractivity contribution is 0.559. The second kappa shape index (κ2) is 5.25. The fourth-order valence-electron chi connectivity index (χ4n) is 2.44. The van der Waals surface area contributed by atoms with Crippen molar-refractivity contribution in [2.75, 3.05) is 0 Å². The van der Waals surface area contributed by atoms with Gasteiger partial charge in [-0.3, -0.25) is 9.48 Å². The Labute approximate surface area is 108 Å². The molecule has 0 fully saturated rings. The molecule has 0 radical (unpaired) electrons. The molecule has 0 saturated carbocycles. The van der Waals surface area contributed by atoms with Gasteiger partial charge in [-0.05, 0) is 32.4 Å². The van der Waals surface area contributed by atoms with Gasteiger partial charge in [-0.2, -0.15) is 0 Å². The Hall–Kier alpha value is -1.77. The Balaban J connectivity index is 2.67. The Morgan fingerprint density at radius 3 is 2.33 bits per heavy atom. The summed E-state index contributed by atoms with van der Waals surface area (Å²) in [6.45, 7) is 7.02. The lowest BCUT2D eigenvalue weighted by atomic mass is 10.1. The zero-order valence-corrected chi connectivity index (χ0v) is 11.3. The van der Waals surface area contributed by atoms with E-state index < -0.39 is 0 Å². The third-order valence-corrected chi connectivity index (χ3v) is 3.32. The highest BCUT2D eigenvalue weighted by molar-refractivity contribution is 5.33. The summed E-state index contributed by atoms with van der Waals surface area (Å²) in [7, 11) is 0. The summed E-state index contributed by atoms with van der Waals surface area (Å²) in [4.78, 5) is 12.5. The molecule has 0 N–H and O–H groups in total. The van der Waals surface area contributed by atoms with Crippen LogP contribution in [-0.2, 0) is 13.0 Å². The Morgan fingerprint density at radius 1 is 1.11 bits per heavy atom. The second-order valence-electron chi connectivity index (χ2n) is 4.48. The van der Waals surface area contributed by atoms with Crippen LogP contribution in [0.2, 0.25) is 0 Å². The topological polar surface area (TPSA) is 26.9 Å². The van der Waals surface area contributed by atoms with Crippen molar-refractivity contribution in [1.82, 2.24) is 9.36 Å². The molecular formula is C15H20N2O. The number of hydrogen-bond acceptors (Lipinski definition) is 1. The lowest BCUT2D eigenvalue weighted by Crippen LogP contribution is -2.22. The average molecular weight is 244 g/mol. The number of nitrogens with zero attached hydrogens (tertiary/aromatic N) is 2. The van der Waals surface area contributed by atoms with Crippen LogP contribution in [0.4, 0.5) is 0 Å². The van der Waals surface area contributed by atoms with E-state index in [1.54, 1.807) is 4.68 Å². The molecule has 0 unspecified atom stereocenters. The molecule has 0 amide bonds. The summed E-state index contributed by atoms with van der Waals surface area (Å²) in [5.74, 6) is 0. The smallest absolute Gasteiger partial charge is 0.274 e. The van der Waals surface area contributed by atoms with E-state index in [0.717, 1.165) is 36.3 Å². The maximum absolute atomic E-state index is 12.5. The number of aromatic nitrogens is 2. The minimum atomic E-state index is 0.127. The predicted molar refractivity (Wildman–Crippen MR) is 74.4 cm³/mol. The van der Waals surface area contributed by atoms with Crippen LogP contribution in [0, 0.1) is 6.92 Å². The third-order valence-electron chi connectivity index (χ3n) is 3.32. The first-order valence-corrected chi connectivity index (χ1v) is 6.57. The normalized spacial score (nSPS) is 10.8. The molecule has 18 heavy (non-hydrogen) atoms. The second-order valence-corrected chi connectivity index (χ2v) is 4.48. The number of benzene rings is 1. The molecule has 2 aromatic rings. The highest BCUT2D eigenvalue weighted by atomic mass is 16.1. The first-order valence-electron chi connectivity index (χ1n) is 6.57. The van der Waals surface area contributed by atoms with Crippen molar-refractivity contribution in [2.24, 2.45) is 0 Å². The van der Waals surface area contributed by atoms with Crippen molar-refractivity contribution in [3.05, 3.63) is 51.9 Å². The van der Waals surface area contributed by atoms with Crippen LogP contribution < -0.4 is 5.56 Å². The SMILES string of the molecule is CCCc1c(C)n(CC)n(-c2ccccc2)c1=O. The molecule has 0 aliphatic rings. The number of rotatable bonds is 4. The van der Waals surface area contributed by atoms with Crippen LogP contribution in [0.15, 0.2) is 35.1 Å². The molecular weight excluding hydrogens is 224 g/mol. The van der Waals surface area contributed by atoms with Gasteiger partial charge in [-0.15, -0.1) is 0 Å². The van der Waals surface area contributed by atoms with Gasteiger partial charge >= 0.3 is 0 Å². The highest BCUT2D eigenvalue weighted by Gasteiger charge is 2.15. The minimum Gasteiger partial charge on any atom is -0.282 e. The molecule has 0 aliphatic heterocycles. The molecule has 3 nitrogen and oxygen atoms in total. The van der Waals surface area contributed by atoms with Crippen molar-refractivity contribution < 1.29 is 0 Å². The van der Waals surface area contributed by atoms with Gasteiger partial charge in [0.05, 0.1) is 5.69 Å². The predicted octanol–water partition coefficient (Wildman–Crippen LogP) is 2.92. The van der Waals surface area contributed by atoms with Gasteiger partial charge in [0.2, 0.25) is 0 Å². The van der Waals surface area contributed by atoms with E-state index in [4.69, 9.17) is 0 Å². The van der Waals surface area contributed by atoms with Crippen molar-refractivity contribution in [1.29, 1.82) is 0 Å². The molecule has 0 atom stereocenters. The molecule has 0 saturated heterocycles. The minimum absolute atomic E-state index is 0.127. The molecule has 3 heteroatoms. The summed E-state index contributed by atoms with van der Waals surface area (Å²) < 4.78 is 3.85. The van der Waals surface area contributed by atoms with Crippen molar-refractivity contribution >= 4 is 0 Å². The van der Waals surface area contributed by atoms with Gasteiger partial charge in [0.25, 0.3) is 5.56 Å². The third kappa shape index (κ3) is 2.01. The molecule has 2 rings (SSSR count). The van der Waals surface area contributed by atoms with Crippen LogP contribution in [0.1, 0.15) is 31.5 Å². The van der Waals surface area contributed by atoms with Crippen LogP contribution in [-0.4, -0.2) is 9.36 Å². The maximum atomic E-state index is 12.5. The van der Waals surface area contributed by atoms with Crippen molar-refractivity contribution in [3.63, 3.8) is 0 Å². The Kier molecular flexibility index (Phi) is 3.70. The Bertz CT molecular complexity index is 579. The first-order chi connectivity index (χ1) is 8.70. The zero-order valence-electron chi connectivity index (χ0n) is 11.3. The van der Waals surface area contributed by atoms with Gasteiger partial charge in [0.1, 0.15) is 0 Å². The largest absolute Gasteiger partial charge is 0.282 e. The van der Waals surface area contributed by atoms with E-state index in [-0.39, 0.29) is 5.56 Å². The monoisotopic (exact) mass is 244 g/mol. The molecule has 1 aromatic heterocycles. The highest BCUT2D eigenvalue weighted by Crippen LogP contribution is 2.12. The van der Waals surface area contributed by atoms with E-state index in [2.05, 4.69) is 18.5 Å². The van der Waals surface area contributed by atoms with E-state index >= 15 is 0 Å². The molecule has 0 spiro atoms. The van der Waals surface area contributed by atoms with Crippen LogP contribution in [0.25, 0.3) is 5.69 Å². The standard InChI is InChI=1S/C15H20N2O/c1-4-9-14-12(3)16(5-2)17(15(14)18)13-10-7-6-8-11-13/h6-8,10-11H,4-5,9H2,1-3H3. The Morgan fingerprint density at radius 2 is 1.78 bits per heavy atom. The van der Waals surface area contributed by atoms with Crippen LogP contribution in [0.5, 0.6) is 0 Å². The molecule has 96 valence electrons. The van der Waals surface area contributed by atoms with Gasteiger partial charge in [-0.1, -0.05) is 31.5 Å². The van der Waals surface area contributed by atoms with Crippen LogP contribution in [0.3, 0.4) is 0 Å². The molecule has 1 aromatic carbocycles. The van der Waals surface area contributed by atoms with Crippen molar-refractivity contribution in [2.45, 2.75) is 40.2 Å². The van der Waals surface area contributed by atoms with Gasteiger partial charge < -0.3 is 0 Å². The maximum Gasteiger partial charge on any atom is 0.274 e. The first kappa shape index (κ1) is 12.7. The van der Waals surface area contributed by atoms with E-state index in [1.807, 2.05) is 37.3 Å². The summed E-state index contributed by atoms with van der Waals surface area (Å²) in [6, 6.07) is 9.84. The van der Waals surface area contributed by atoms with Gasteiger partial charge in [-0.25, -0.2) is 4.68 Å². The average Bonchev–Trinajstić information content (AvgIpc) is 2.64. The summed E-state index contributed by atoms with van der Waals surface area (Å²) >= 11 is 0. The van der Waals surface area contributed by atoms with Gasteiger partial charge in [0.15, 0.2) is 0 Å². The fourth-order valence-corrected chi connectivity index (χ4v) is 2.44. The van der Waals surface area contributed by atoms with E-state index in [9.17, 15) is 4.79 Å².